The molecule has 0 spiro atoms. The molecule has 1 aliphatic heterocycles. The van der Waals surface area contributed by atoms with E-state index in [2.05, 4.69) is 4.98 Å². The third kappa shape index (κ3) is 3.28. The second-order valence-electron chi connectivity index (χ2n) is 7.38. The number of thiazole rings is 1. The molecule has 1 amide bonds. The van der Waals surface area contributed by atoms with Crippen LogP contribution < -0.4 is 9.64 Å². The van der Waals surface area contributed by atoms with Crippen LogP contribution in [-0.4, -0.2) is 28.9 Å². The number of Topliss-reactive ketones (excluding diaryl/α,β-unsaturated/α-hetero) is 1. The minimum atomic E-state index is -0.761. The van der Waals surface area contributed by atoms with Gasteiger partial charge in [0.25, 0.3) is 5.78 Å². The maximum atomic E-state index is 13.2. The lowest BCUT2D eigenvalue weighted by Crippen LogP contribution is -2.28. The minimum absolute atomic E-state index is 0.0427. The summed E-state index contributed by atoms with van der Waals surface area (Å²) in [5, 5.41) is 13.5. The Balaban J connectivity index is 1.71. The molecule has 2 aromatic carbocycles. The number of hydrogen-bond acceptors (Lipinski definition) is 7. The van der Waals surface area contributed by atoms with Crippen LogP contribution in [0.2, 0.25) is 0 Å². The summed E-state index contributed by atoms with van der Waals surface area (Å²) in [6, 6.07) is 15.6. The van der Waals surface area contributed by atoms with Crippen LogP contribution in [0.5, 0.6) is 5.75 Å². The van der Waals surface area contributed by atoms with Crippen LogP contribution in [0.25, 0.3) is 16.0 Å². The number of hydrogen-bond donors (Lipinski definition) is 1. The molecular formula is C24H18N2O4S2. The van der Waals surface area contributed by atoms with Gasteiger partial charge in [-0.05, 0) is 48.2 Å². The van der Waals surface area contributed by atoms with Crippen molar-refractivity contribution in [2.45, 2.75) is 13.0 Å². The molecule has 1 aliphatic rings. The van der Waals surface area contributed by atoms with Gasteiger partial charge in [-0.15, -0.1) is 11.3 Å². The molecule has 160 valence electrons. The van der Waals surface area contributed by atoms with Crippen molar-refractivity contribution < 1.29 is 19.4 Å². The molecule has 1 fully saturated rings. The number of aromatic nitrogens is 1. The second kappa shape index (κ2) is 7.89. The number of aryl methyl sites for hydroxylation is 1. The van der Waals surface area contributed by atoms with Gasteiger partial charge in [0.15, 0.2) is 5.13 Å². The first-order valence-electron chi connectivity index (χ1n) is 9.84. The quantitative estimate of drug-likeness (QED) is 0.253. The van der Waals surface area contributed by atoms with E-state index in [1.807, 2.05) is 42.6 Å². The standard InChI is InChI=1S/C24H18N2O4S2/c1-13-8-9-16-18(11-13)32-24(25-16)26-20(17-7-4-10-31-17)19(22(28)23(26)29)21(27)14-5-3-6-15(12-14)30-2/h3-12,20,27H,1-2H3. The van der Waals surface area contributed by atoms with Gasteiger partial charge < -0.3 is 9.84 Å². The Morgan fingerprint density at radius 2 is 1.97 bits per heavy atom. The molecule has 1 atom stereocenters. The highest BCUT2D eigenvalue weighted by Gasteiger charge is 2.48. The van der Waals surface area contributed by atoms with Crippen molar-refractivity contribution in [2.24, 2.45) is 0 Å². The molecule has 8 heteroatoms. The molecule has 2 aromatic heterocycles. The maximum absolute atomic E-state index is 13.2. The number of rotatable bonds is 4. The smallest absolute Gasteiger partial charge is 0.301 e. The molecule has 1 unspecified atom stereocenters. The number of ether oxygens (including phenoxy) is 1. The first-order valence-corrected chi connectivity index (χ1v) is 11.5. The Labute approximate surface area is 192 Å². The van der Waals surface area contributed by atoms with Gasteiger partial charge in [-0.1, -0.05) is 35.6 Å². The number of methoxy groups -OCH3 is 1. The average Bonchev–Trinajstić information content (AvgIpc) is 3.52. The second-order valence-corrected chi connectivity index (χ2v) is 9.37. The Kier molecular flexibility index (Phi) is 5.03. The number of carbonyl (C=O) groups is 2. The van der Waals surface area contributed by atoms with Gasteiger partial charge >= 0.3 is 5.91 Å². The van der Waals surface area contributed by atoms with E-state index in [-0.39, 0.29) is 11.3 Å². The van der Waals surface area contributed by atoms with Crippen LogP contribution in [0.4, 0.5) is 5.13 Å². The van der Waals surface area contributed by atoms with E-state index in [0.717, 1.165) is 20.7 Å². The van der Waals surface area contributed by atoms with Gasteiger partial charge in [0.1, 0.15) is 17.6 Å². The number of ketones is 1. The van der Waals surface area contributed by atoms with Crippen LogP contribution in [0.1, 0.15) is 22.0 Å². The number of aliphatic hydroxyl groups is 1. The topological polar surface area (TPSA) is 79.7 Å². The third-order valence-corrected chi connectivity index (χ3v) is 7.28. The molecule has 0 aliphatic carbocycles. The van der Waals surface area contributed by atoms with Crippen molar-refractivity contribution >= 4 is 55.5 Å². The number of anilines is 1. The summed E-state index contributed by atoms with van der Waals surface area (Å²) in [6.07, 6.45) is 0. The first-order chi connectivity index (χ1) is 15.5. The number of fused-ring (bicyclic) bond motifs is 1. The van der Waals surface area contributed by atoms with Gasteiger partial charge in [0.05, 0.1) is 22.9 Å². The van der Waals surface area contributed by atoms with Gasteiger partial charge in [-0.2, -0.15) is 0 Å². The van der Waals surface area contributed by atoms with Crippen LogP contribution in [0, 0.1) is 6.92 Å². The zero-order valence-corrected chi connectivity index (χ0v) is 18.9. The van der Waals surface area contributed by atoms with Crippen molar-refractivity contribution in [1.29, 1.82) is 0 Å². The lowest BCUT2D eigenvalue weighted by Gasteiger charge is -2.21. The molecule has 1 N–H and O–H groups in total. The normalized spacial score (nSPS) is 17.9. The largest absolute Gasteiger partial charge is 0.507 e. The highest BCUT2D eigenvalue weighted by molar-refractivity contribution is 7.22. The van der Waals surface area contributed by atoms with Crippen molar-refractivity contribution in [1.82, 2.24) is 4.98 Å². The van der Waals surface area contributed by atoms with Crippen LogP contribution in [0.3, 0.4) is 0 Å². The molecule has 3 heterocycles. The van der Waals surface area contributed by atoms with Gasteiger partial charge in [0, 0.05) is 10.4 Å². The number of carbonyl (C=O) groups excluding carboxylic acids is 2. The fourth-order valence-corrected chi connectivity index (χ4v) is 5.71. The predicted octanol–water partition coefficient (Wildman–Crippen LogP) is 5.30. The fourth-order valence-electron chi connectivity index (χ4n) is 3.79. The summed E-state index contributed by atoms with van der Waals surface area (Å²) in [7, 11) is 1.53. The summed E-state index contributed by atoms with van der Waals surface area (Å²) < 4.78 is 6.18. The fraction of sp³-hybridized carbons (Fsp3) is 0.125. The Morgan fingerprint density at radius 1 is 1.12 bits per heavy atom. The van der Waals surface area contributed by atoms with Gasteiger partial charge in [-0.3, -0.25) is 14.5 Å². The number of nitrogens with zero attached hydrogens (tertiary/aromatic N) is 2. The van der Waals surface area contributed by atoms with Crippen molar-refractivity contribution in [3.63, 3.8) is 0 Å². The van der Waals surface area contributed by atoms with E-state index in [4.69, 9.17) is 4.74 Å². The van der Waals surface area contributed by atoms with E-state index >= 15 is 0 Å². The molecule has 0 bridgehead atoms. The Bertz CT molecular complexity index is 1390. The molecule has 32 heavy (non-hydrogen) atoms. The van der Waals surface area contributed by atoms with Crippen molar-refractivity contribution in [3.8, 4) is 5.75 Å². The lowest BCUT2D eigenvalue weighted by atomic mass is 10.00. The van der Waals surface area contributed by atoms with Gasteiger partial charge in [0.2, 0.25) is 0 Å². The highest BCUT2D eigenvalue weighted by Crippen LogP contribution is 2.45. The lowest BCUT2D eigenvalue weighted by molar-refractivity contribution is -0.132. The zero-order chi connectivity index (χ0) is 22.4. The van der Waals surface area contributed by atoms with E-state index in [1.54, 1.807) is 24.3 Å². The summed E-state index contributed by atoms with van der Waals surface area (Å²) in [5.41, 5.74) is 2.29. The van der Waals surface area contributed by atoms with E-state index in [1.165, 1.54) is 34.7 Å². The van der Waals surface area contributed by atoms with E-state index < -0.39 is 17.7 Å². The highest BCUT2D eigenvalue weighted by atomic mass is 32.1. The third-order valence-electron chi connectivity index (χ3n) is 5.34. The molecule has 5 rings (SSSR count). The Hall–Kier alpha value is -3.49. The molecule has 6 nitrogen and oxygen atoms in total. The van der Waals surface area contributed by atoms with Crippen LogP contribution >= 0.6 is 22.7 Å². The predicted molar refractivity (Wildman–Crippen MR) is 126 cm³/mol. The van der Waals surface area contributed by atoms with Crippen molar-refractivity contribution in [2.75, 3.05) is 12.0 Å². The number of aliphatic hydroxyl groups excluding tert-OH is 1. The maximum Gasteiger partial charge on any atom is 0.301 e. The van der Waals surface area contributed by atoms with E-state index in [9.17, 15) is 14.7 Å². The number of benzene rings is 2. The molecule has 0 saturated carbocycles. The van der Waals surface area contributed by atoms with Gasteiger partial charge in [-0.25, -0.2) is 4.98 Å². The van der Waals surface area contributed by atoms with Crippen LogP contribution in [0.15, 0.2) is 65.6 Å². The van der Waals surface area contributed by atoms with E-state index in [0.29, 0.717) is 16.4 Å². The number of amides is 1. The zero-order valence-electron chi connectivity index (χ0n) is 17.2. The first kappa shape index (κ1) is 20.4. The SMILES string of the molecule is COc1cccc(C(O)=C2C(=O)C(=O)N(c3nc4ccc(C)cc4s3)C2c2cccs2)c1. The summed E-state index contributed by atoms with van der Waals surface area (Å²) in [4.78, 5) is 33.2. The number of thiophene rings is 1. The summed E-state index contributed by atoms with van der Waals surface area (Å²) in [6.45, 7) is 1.99. The minimum Gasteiger partial charge on any atom is -0.507 e. The summed E-state index contributed by atoms with van der Waals surface area (Å²) in [5.74, 6) is -1.14. The Morgan fingerprint density at radius 3 is 2.72 bits per heavy atom. The molecule has 4 aromatic rings. The van der Waals surface area contributed by atoms with Crippen LogP contribution in [-0.2, 0) is 9.59 Å². The molecule has 0 radical (unpaired) electrons. The molecular weight excluding hydrogens is 444 g/mol. The average molecular weight is 463 g/mol. The monoisotopic (exact) mass is 462 g/mol. The summed E-state index contributed by atoms with van der Waals surface area (Å²) >= 11 is 2.77. The van der Waals surface area contributed by atoms with Crippen molar-refractivity contribution in [3.05, 3.63) is 81.6 Å². The molecule has 1 saturated heterocycles.